The highest BCUT2D eigenvalue weighted by atomic mass is 16.3. The molecule has 1 fully saturated rings. The van der Waals surface area contributed by atoms with E-state index in [4.69, 9.17) is 5.11 Å². The second-order valence-corrected chi connectivity index (χ2v) is 4.58. The third-order valence-electron chi connectivity index (χ3n) is 3.76. The molecule has 0 saturated heterocycles. The Balaban J connectivity index is 2.33. The molecule has 90 valence electrons. The molecule has 0 aromatic heterocycles. The van der Waals surface area contributed by atoms with E-state index in [1.54, 1.807) is 12.2 Å². The maximum atomic E-state index is 10.1. The van der Waals surface area contributed by atoms with Crippen molar-refractivity contribution in [1.82, 2.24) is 0 Å². The molecular weight excluding hydrogens is 208 g/mol. The summed E-state index contributed by atoms with van der Waals surface area (Å²) in [6, 6.07) is 0. The van der Waals surface area contributed by atoms with Crippen LogP contribution in [0.5, 0.6) is 0 Å². The fourth-order valence-electron chi connectivity index (χ4n) is 2.89. The van der Waals surface area contributed by atoms with Crippen LogP contribution in [0.4, 0.5) is 0 Å². The molecule has 4 heteroatoms. The first-order chi connectivity index (χ1) is 7.69. The van der Waals surface area contributed by atoms with Gasteiger partial charge in [-0.2, -0.15) is 0 Å². The predicted molar refractivity (Wildman–Crippen MR) is 58.6 cm³/mol. The third kappa shape index (κ3) is 1.82. The van der Waals surface area contributed by atoms with E-state index >= 15 is 0 Å². The Hall–Kier alpha value is -0.680. The third-order valence-corrected chi connectivity index (χ3v) is 3.76. The fourth-order valence-corrected chi connectivity index (χ4v) is 2.89. The van der Waals surface area contributed by atoms with E-state index < -0.39 is 12.2 Å². The molecule has 0 amide bonds. The summed E-state index contributed by atoms with van der Waals surface area (Å²) in [7, 11) is 0. The lowest BCUT2D eigenvalue weighted by molar-refractivity contribution is 0.0749. The highest BCUT2D eigenvalue weighted by Gasteiger charge is 2.42. The van der Waals surface area contributed by atoms with Gasteiger partial charge in [-0.05, 0) is 29.9 Å². The molecule has 4 nitrogen and oxygen atoms in total. The van der Waals surface area contributed by atoms with Crippen LogP contribution in [0.1, 0.15) is 12.8 Å². The van der Waals surface area contributed by atoms with Crippen LogP contribution < -0.4 is 0 Å². The van der Waals surface area contributed by atoms with Gasteiger partial charge >= 0.3 is 0 Å². The van der Waals surface area contributed by atoms with Gasteiger partial charge in [0.2, 0.25) is 0 Å². The molecule has 16 heavy (non-hydrogen) atoms. The summed E-state index contributed by atoms with van der Waals surface area (Å²) < 4.78 is 0. The summed E-state index contributed by atoms with van der Waals surface area (Å²) >= 11 is 0. The van der Waals surface area contributed by atoms with E-state index in [1.165, 1.54) is 0 Å². The van der Waals surface area contributed by atoms with Gasteiger partial charge in [0.05, 0.1) is 25.4 Å². The Labute approximate surface area is 94.5 Å². The van der Waals surface area contributed by atoms with Crippen LogP contribution in [-0.4, -0.2) is 45.8 Å². The van der Waals surface area contributed by atoms with Crippen LogP contribution in [0.15, 0.2) is 23.3 Å². The zero-order valence-electron chi connectivity index (χ0n) is 9.08. The van der Waals surface area contributed by atoms with Crippen LogP contribution in [-0.2, 0) is 0 Å². The summed E-state index contributed by atoms with van der Waals surface area (Å²) in [5.41, 5.74) is 1.31. The standard InChI is InChI=1S/C12H18O4/c13-5-7-1-2-8(6-14)12(16)9-3-4-10(15)11(7)9/h1-2,9-16H,3-6H2/t9-,10+,11-,12-/m0/s1. The fraction of sp³-hybridized carbons (Fsp3) is 0.667. The Bertz CT molecular complexity index is 321. The molecule has 0 heterocycles. The van der Waals surface area contributed by atoms with Crippen molar-refractivity contribution in [3.05, 3.63) is 23.3 Å². The number of rotatable bonds is 2. The van der Waals surface area contributed by atoms with Gasteiger partial charge in [-0.25, -0.2) is 0 Å². The van der Waals surface area contributed by atoms with Crippen LogP contribution in [0, 0.1) is 11.8 Å². The van der Waals surface area contributed by atoms with Gasteiger partial charge in [-0.1, -0.05) is 12.2 Å². The average Bonchev–Trinajstić information content (AvgIpc) is 2.59. The minimum absolute atomic E-state index is 0.0886. The molecule has 0 aromatic carbocycles. The number of hydrogen-bond donors (Lipinski definition) is 4. The molecule has 0 radical (unpaired) electrons. The van der Waals surface area contributed by atoms with Crippen molar-refractivity contribution in [3.63, 3.8) is 0 Å². The molecule has 1 saturated carbocycles. The molecular formula is C12H18O4. The van der Waals surface area contributed by atoms with Gasteiger partial charge in [0.15, 0.2) is 0 Å². The monoisotopic (exact) mass is 226 g/mol. The summed E-state index contributed by atoms with van der Waals surface area (Å²) in [5, 5.41) is 38.4. The van der Waals surface area contributed by atoms with Gasteiger partial charge in [-0.3, -0.25) is 0 Å². The highest BCUT2D eigenvalue weighted by Crippen LogP contribution is 2.42. The largest absolute Gasteiger partial charge is 0.392 e. The molecule has 2 aliphatic rings. The van der Waals surface area contributed by atoms with E-state index in [0.29, 0.717) is 12.0 Å². The molecule has 0 unspecified atom stereocenters. The number of allylic oxidation sites excluding steroid dienone is 2. The molecule has 2 rings (SSSR count). The van der Waals surface area contributed by atoms with Crippen molar-refractivity contribution >= 4 is 0 Å². The summed E-state index contributed by atoms with van der Waals surface area (Å²) in [6.45, 7) is -0.296. The number of fused-ring (bicyclic) bond motifs is 1. The smallest absolute Gasteiger partial charge is 0.0810 e. The quantitative estimate of drug-likeness (QED) is 0.516. The van der Waals surface area contributed by atoms with E-state index in [0.717, 1.165) is 12.0 Å². The van der Waals surface area contributed by atoms with Gasteiger partial charge in [0.1, 0.15) is 0 Å². The first-order valence-electron chi connectivity index (χ1n) is 5.66. The van der Waals surface area contributed by atoms with Gasteiger partial charge < -0.3 is 20.4 Å². The van der Waals surface area contributed by atoms with Crippen LogP contribution >= 0.6 is 0 Å². The van der Waals surface area contributed by atoms with Crippen LogP contribution in [0.3, 0.4) is 0 Å². The van der Waals surface area contributed by atoms with E-state index in [9.17, 15) is 15.3 Å². The Morgan fingerprint density at radius 1 is 1.00 bits per heavy atom. The lowest BCUT2D eigenvalue weighted by atomic mass is 9.84. The summed E-state index contributed by atoms with van der Waals surface area (Å²) in [4.78, 5) is 0. The first kappa shape index (κ1) is 11.8. The zero-order chi connectivity index (χ0) is 11.7. The molecule has 0 aromatic rings. The Morgan fingerprint density at radius 2 is 1.62 bits per heavy atom. The van der Waals surface area contributed by atoms with Crippen molar-refractivity contribution in [3.8, 4) is 0 Å². The molecule has 0 aliphatic heterocycles. The summed E-state index contributed by atoms with van der Waals surface area (Å²) in [6.07, 6.45) is 3.52. The first-order valence-corrected chi connectivity index (χ1v) is 5.66. The summed E-state index contributed by atoms with van der Waals surface area (Å²) in [5.74, 6) is -0.269. The van der Waals surface area contributed by atoms with E-state index in [-0.39, 0.29) is 25.0 Å². The lowest BCUT2D eigenvalue weighted by Gasteiger charge is -2.26. The van der Waals surface area contributed by atoms with Gasteiger partial charge in [-0.15, -0.1) is 0 Å². The zero-order valence-corrected chi connectivity index (χ0v) is 9.08. The molecule has 0 spiro atoms. The Morgan fingerprint density at radius 3 is 2.25 bits per heavy atom. The lowest BCUT2D eigenvalue weighted by Crippen LogP contribution is -2.31. The SMILES string of the molecule is OCC1=CC=C(CO)[C@H](O)[C@H]2CC[C@@H](O)[C@@H]12. The van der Waals surface area contributed by atoms with Gasteiger partial charge in [0, 0.05) is 5.92 Å². The van der Waals surface area contributed by atoms with E-state index in [1.807, 2.05) is 0 Å². The maximum absolute atomic E-state index is 10.1. The normalized spacial score (nSPS) is 38.8. The second-order valence-electron chi connectivity index (χ2n) is 4.58. The van der Waals surface area contributed by atoms with Gasteiger partial charge in [0.25, 0.3) is 0 Å². The van der Waals surface area contributed by atoms with Crippen molar-refractivity contribution in [2.75, 3.05) is 13.2 Å². The minimum atomic E-state index is -0.715. The number of hydrogen-bond acceptors (Lipinski definition) is 4. The number of aliphatic hydroxyl groups excluding tert-OH is 4. The van der Waals surface area contributed by atoms with Crippen LogP contribution in [0.25, 0.3) is 0 Å². The number of aliphatic hydroxyl groups is 4. The highest BCUT2D eigenvalue weighted by molar-refractivity contribution is 5.29. The Kier molecular flexibility index (Phi) is 3.44. The topological polar surface area (TPSA) is 80.9 Å². The molecule has 0 bridgehead atoms. The minimum Gasteiger partial charge on any atom is -0.392 e. The second kappa shape index (κ2) is 4.67. The van der Waals surface area contributed by atoms with Crippen molar-refractivity contribution in [1.29, 1.82) is 0 Å². The average molecular weight is 226 g/mol. The van der Waals surface area contributed by atoms with Crippen molar-refractivity contribution in [2.45, 2.75) is 25.0 Å². The molecule has 2 aliphatic carbocycles. The van der Waals surface area contributed by atoms with Crippen LogP contribution in [0.2, 0.25) is 0 Å². The van der Waals surface area contributed by atoms with Crippen molar-refractivity contribution < 1.29 is 20.4 Å². The predicted octanol–water partition coefficient (Wildman–Crippen LogP) is -0.415. The maximum Gasteiger partial charge on any atom is 0.0810 e. The van der Waals surface area contributed by atoms with E-state index in [2.05, 4.69) is 0 Å². The molecule has 4 N–H and O–H groups in total. The van der Waals surface area contributed by atoms with Crippen molar-refractivity contribution in [2.24, 2.45) is 11.8 Å². The molecule has 4 atom stereocenters.